The van der Waals surface area contributed by atoms with E-state index in [0.29, 0.717) is 54.3 Å². The summed E-state index contributed by atoms with van der Waals surface area (Å²) in [5.41, 5.74) is 3.34. The van der Waals surface area contributed by atoms with Gasteiger partial charge in [-0.2, -0.15) is 0 Å². The average Bonchev–Trinajstić information content (AvgIpc) is 0.899. The van der Waals surface area contributed by atoms with Crippen LogP contribution in [0.1, 0.15) is 457 Å². The minimum Gasteiger partial charge on any atom is -0.469 e. The highest BCUT2D eigenvalue weighted by Crippen LogP contribution is 2.29. The Hall–Kier alpha value is -3.30. The van der Waals surface area contributed by atoms with Gasteiger partial charge in [0.25, 0.3) is 0 Å². The van der Waals surface area contributed by atoms with Crippen LogP contribution in [0.3, 0.4) is 0 Å². The number of pyridine rings is 1. The molecule has 1 amide bonds. The smallest absolute Gasteiger partial charge is 0.305 e. The number of amides is 1. The van der Waals surface area contributed by atoms with E-state index < -0.39 is 0 Å². The van der Waals surface area contributed by atoms with Crippen molar-refractivity contribution in [3.63, 3.8) is 0 Å². The molecule has 1 heterocycles. The van der Waals surface area contributed by atoms with Crippen molar-refractivity contribution in [1.29, 1.82) is 0 Å². The third-order valence-corrected chi connectivity index (χ3v) is 20.5. The second-order valence-corrected chi connectivity index (χ2v) is 40.0. The van der Waals surface area contributed by atoms with Crippen LogP contribution in [-0.2, 0) is 39.8 Å². The number of carbonyl (C=O) groups excluding carboxylic acids is 3. The molecular formula is C106H220N2O7. The molecule has 1 fully saturated rings. The van der Waals surface area contributed by atoms with Crippen LogP contribution in [0.15, 0.2) is 54.9 Å². The zero-order chi connectivity index (χ0) is 91.9. The molecule has 1 aliphatic carbocycles. The number of esters is 2. The molecule has 3 rings (SSSR count). The maximum Gasteiger partial charge on any atom is 0.305 e. The number of hydrogen-bond donors (Lipinski definition) is 0. The summed E-state index contributed by atoms with van der Waals surface area (Å²) < 4.78 is 19.7. The highest BCUT2D eigenvalue weighted by atomic mass is 16.5. The van der Waals surface area contributed by atoms with Crippen LogP contribution in [0.5, 0.6) is 0 Å². The zero-order valence-corrected chi connectivity index (χ0v) is 87.0. The van der Waals surface area contributed by atoms with E-state index in [2.05, 4.69) is 336 Å². The first-order valence-corrected chi connectivity index (χ1v) is 46.8. The molecule has 1 aromatic carbocycles. The van der Waals surface area contributed by atoms with E-state index >= 15 is 0 Å². The molecule has 1 saturated carbocycles. The lowest BCUT2D eigenvalue weighted by Crippen LogP contribution is -2.30. The van der Waals surface area contributed by atoms with Gasteiger partial charge in [0.15, 0.2) is 0 Å². The third-order valence-electron chi connectivity index (χ3n) is 20.5. The fraction of sp³-hybridized carbons (Fsp3) is 0.868. The van der Waals surface area contributed by atoms with Crippen molar-refractivity contribution in [2.45, 2.75) is 464 Å². The summed E-state index contributed by atoms with van der Waals surface area (Å²) in [6.45, 7) is 95.7. The van der Waals surface area contributed by atoms with Gasteiger partial charge in [0.2, 0.25) is 5.91 Å². The first kappa shape index (κ1) is 138. The van der Waals surface area contributed by atoms with E-state index in [0.717, 1.165) is 110 Å². The Bertz CT molecular complexity index is 2160. The lowest BCUT2D eigenvalue weighted by Gasteiger charge is -2.28. The molecular weight excluding hydrogens is 1410 g/mol. The number of unbranched alkanes of at least 4 members (excludes halogenated alkanes) is 2. The lowest BCUT2D eigenvalue weighted by atomic mass is 9.84. The van der Waals surface area contributed by atoms with Crippen LogP contribution in [0.25, 0.3) is 0 Å². The summed E-state index contributed by atoms with van der Waals surface area (Å²) in [7, 11) is 8.19. The molecule has 0 bridgehead atoms. The normalized spacial score (nSPS) is 11.7. The number of carbonyl (C=O) groups is 3. The maximum absolute atomic E-state index is 11.0. The number of ether oxygens (including phenoxy) is 4. The van der Waals surface area contributed by atoms with Gasteiger partial charge in [0.05, 0.1) is 25.4 Å². The third kappa shape index (κ3) is 126. The standard InChI is InChI=1S/C10H20.C9H13N.C9H18O2.C9H12.C8H17NO.C8H18O.C8H18.C7H14O2.C7H16O.2C7H16.2C6H14.C4H10.CH4/c1-9(2)8-10-6-4-3-5-7-10;1-8(2)6-9-4-3-5-10-7-9;1-8(2)6-4-5-7-9(10)11-3;1-8(2)9-6-4-3-5-7-9;1-7(2)5-6-8(10)9(3)4;1-6-9-8(4,5)7(2)3;1-5-8(6-2)7(3)4;1-6(2)4-5-7(8)9-3;1-6(2)7(3,4)8-5;1-6(2)7(3,4)5;1-4-5-6-7(2)3;1-5(2)6(3)4;1-4-5-6(2)3;1-4(2)3;/h9-10H,3-8H2,1-2H3;3-5,7-8H,6H2,1-2H3;8H,4-7H2,1-3H3;3-8H,1-2H3;7H,5-6H2,1-4H3;7H,6H2,1-5H3;7-8H,5-6H2,1-4H3;6H,4-5H2,1-3H3;6H,1-5H3;6H,1-5H3;7H,4-6H2,1-3H3;5-6H,1-4H3;6H,4-5H2,1-3H3;4H,1-3H3;1H4. The summed E-state index contributed by atoms with van der Waals surface area (Å²) in [5, 5.41) is 0. The molecule has 0 radical (unpaired) electrons. The summed E-state index contributed by atoms with van der Waals surface area (Å²) in [5.74, 6) is 13.5. The largest absolute Gasteiger partial charge is 0.469 e. The van der Waals surface area contributed by atoms with Crippen LogP contribution < -0.4 is 0 Å². The number of hydrogen-bond acceptors (Lipinski definition) is 8. The van der Waals surface area contributed by atoms with E-state index in [1.54, 1.807) is 26.1 Å². The van der Waals surface area contributed by atoms with Gasteiger partial charge in [-0.3, -0.25) is 19.4 Å². The predicted molar refractivity (Wildman–Crippen MR) is 524 cm³/mol. The average molecular weight is 1630 g/mol. The molecule has 0 N–H and O–H groups in total. The Balaban J connectivity index is -0.0000000998. The molecule has 0 atom stereocenters. The van der Waals surface area contributed by atoms with Crippen molar-refractivity contribution in [1.82, 2.24) is 9.88 Å². The summed E-state index contributed by atoms with van der Waals surface area (Å²) in [6.07, 6.45) is 30.4. The first-order valence-electron chi connectivity index (χ1n) is 46.8. The predicted octanol–water partition coefficient (Wildman–Crippen LogP) is 34.3. The molecule has 2 aromatic rings. The molecule has 9 nitrogen and oxygen atoms in total. The van der Waals surface area contributed by atoms with Gasteiger partial charge in [-0.25, -0.2) is 0 Å². The quantitative estimate of drug-likeness (QED) is 0.0563. The summed E-state index contributed by atoms with van der Waals surface area (Å²) >= 11 is 0. The minimum absolute atomic E-state index is 0. The number of nitrogens with zero attached hydrogens (tertiary/aromatic N) is 2. The number of rotatable bonds is 30. The van der Waals surface area contributed by atoms with Gasteiger partial charge in [-0.1, -0.05) is 397 Å². The molecule has 1 aromatic heterocycles. The van der Waals surface area contributed by atoms with Crippen molar-refractivity contribution < 1.29 is 33.3 Å². The zero-order valence-electron chi connectivity index (χ0n) is 87.0. The molecule has 696 valence electrons. The second kappa shape index (κ2) is 91.4. The van der Waals surface area contributed by atoms with Crippen molar-refractivity contribution in [3.8, 4) is 0 Å². The number of methoxy groups -OCH3 is 3. The summed E-state index contributed by atoms with van der Waals surface area (Å²) in [6, 6.07) is 14.6. The molecule has 1 aliphatic rings. The van der Waals surface area contributed by atoms with Crippen LogP contribution in [0.4, 0.5) is 0 Å². The van der Waals surface area contributed by atoms with Crippen molar-refractivity contribution >= 4 is 17.8 Å². The van der Waals surface area contributed by atoms with Crippen molar-refractivity contribution in [2.24, 2.45) is 100 Å². The molecule has 0 spiro atoms. The van der Waals surface area contributed by atoms with Gasteiger partial charge in [0.1, 0.15) is 0 Å². The Morgan fingerprint density at radius 1 is 0.452 bits per heavy atom. The van der Waals surface area contributed by atoms with Crippen LogP contribution in [0, 0.1) is 100 Å². The van der Waals surface area contributed by atoms with Crippen molar-refractivity contribution in [3.05, 3.63) is 66.0 Å². The Morgan fingerprint density at radius 2 is 0.852 bits per heavy atom. The first-order chi connectivity index (χ1) is 52.3. The van der Waals surface area contributed by atoms with E-state index in [9.17, 15) is 14.4 Å². The molecule has 0 aliphatic heterocycles. The minimum atomic E-state index is -0.108. The lowest BCUT2D eigenvalue weighted by molar-refractivity contribution is -0.141. The van der Waals surface area contributed by atoms with Gasteiger partial charge < -0.3 is 23.8 Å². The number of benzene rings is 1. The fourth-order valence-electron chi connectivity index (χ4n) is 9.18. The van der Waals surface area contributed by atoms with Crippen LogP contribution in [-0.4, -0.2) is 81.0 Å². The number of aromatic nitrogens is 1. The Morgan fingerprint density at radius 3 is 1.08 bits per heavy atom. The van der Waals surface area contributed by atoms with Crippen molar-refractivity contribution in [2.75, 3.05) is 42.0 Å². The summed E-state index contributed by atoms with van der Waals surface area (Å²) in [4.78, 5) is 37.8. The van der Waals surface area contributed by atoms with Gasteiger partial charge in [-0.15, -0.1) is 0 Å². The maximum atomic E-state index is 11.0. The highest BCUT2D eigenvalue weighted by molar-refractivity contribution is 5.75. The van der Waals surface area contributed by atoms with E-state index in [4.69, 9.17) is 9.47 Å². The molecule has 9 heteroatoms. The monoisotopic (exact) mass is 1630 g/mol. The van der Waals surface area contributed by atoms with E-state index in [1.807, 2.05) is 31.5 Å². The van der Waals surface area contributed by atoms with E-state index in [1.165, 1.54) is 115 Å². The SMILES string of the molecule is C.CC(C)C.CC(C)C(C)(C)C.CC(C)C(C)C.CC(C)CC1CCCCC1.CC(C)CCC(=O)N(C)C.CC(C)Cc1cccnc1.CC(C)c1ccccc1.CCC(CC)C(C)C.CCCC(C)C.CCCCC(C)C.CCOC(C)(C)C(C)C.COC(=O)CCC(C)C.COC(=O)CCCCC(C)C.COC(C)(C)C(C)C. The van der Waals surface area contributed by atoms with Crippen LogP contribution >= 0.6 is 0 Å². The molecule has 0 unspecified atom stereocenters. The topological polar surface area (TPSA) is 104 Å². The van der Waals surface area contributed by atoms with Gasteiger partial charge >= 0.3 is 11.9 Å². The van der Waals surface area contributed by atoms with Crippen LogP contribution in [0.2, 0.25) is 0 Å². The van der Waals surface area contributed by atoms with Gasteiger partial charge in [0, 0.05) is 59.5 Å². The van der Waals surface area contributed by atoms with E-state index in [-0.39, 0.29) is 36.5 Å². The van der Waals surface area contributed by atoms with Gasteiger partial charge in [-0.05, 0) is 190 Å². The molecule has 115 heavy (non-hydrogen) atoms. The highest BCUT2D eigenvalue weighted by Gasteiger charge is 2.22. The Kier molecular flexibility index (Phi) is 109. The second-order valence-electron chi connectivity index (χ2n) is 40.0. The fourth-order valence-corrected chi connectivity index (χ4v) is 9.18. The molecule has 0 saturated heterocycles. The Labute approximate surface area is 728 Å².